The fourth-order valence-electron chi connectivity index (χ4n) is 2.31. The molecule has 3 nitrogen and oxygen atoms in total. The Labute approximate surface area is 101 Å². The second-order valence-electron chi connectivity index (χ2n) is 4.84. The van der Waals surface area contributed by atoms with Gasteiger partial charge in [-0.1, -0.05) is 6.07 Å². The lowest BCUT2D eigenvalue weighted by Gasteiger charge is -2.32. The second-order valence-corrected chi connectivity index (χ2v) is 4.84. The Kier molecular flexibility index (Phi) is 3.64. The van der Waals surface area contributed by atoms with E-state index in [2.05, 4.69) is 0 Å². The van der Waals surface area contributed by atoms with Gasteiger partial charge in [0.25, 0.3) is 0 Å². The van der Waals surface area contributed by atoms with Gasteiger partial charge >= 0.3 is 0 Å². The van der Waals surface area contributed by atoms with E-state index in [-0.39, 0.29) is 11.2 Å². The van der Waals surface area contributed by atoms with Crippen molar-refractivity contribution in [3.8, 4) is 0 Å². The van der Waals surface area contributed by atoms with Crippen molar-refractivity contribution in [2.45, 2.75) is 6.42 Å². The first kappa shape index (κ1) is 12.3. The van der Waals surface area contributed by atoms with Gasteiger partial charge in [0.1, 0.15) is 5.82 Å². The molecule has 0 saturated carbocycles. The molecule has 2 N–H and O–H groups in total. The number of halogens is 1. The summed E-state index contributed by atoms with van der Waals surface area (Å²) in [4.78, 5) is 2.05. The molecule has 0 aromatic heterocycles. The molecule has 0 aliphatic carbocycles. The molecule has 0 amide bonds. The van der Waals surface area contributed by atoms with E-state index >= 15 is 0 Å². The first-order valence-corrected chi connectivity index (χ1v) is 5.90. The number of rotatable bonds is 4. The Balaban J connectivity index is 2.07. The van der Waals surface area contributed by atoms with Crippen molar-refractivity contribution >= 4 is 5.69 Å². The fourth-order valence-corrected chi connectivity index (χ4v) is 2.31. The third-order valence-corrected chi connectivity index (χ3v) is 3.44. The summed E-state index contributed by atoms with van der Waals surface area (Å²) in [7, 11) is 1.96. The highest BCUT2D eigenvalue weighted by molar-refractivity contribution is 5.45. The molecule has 0 spiro atoms. The minimum absolute atomic E-state index is 0.0149. The van der Waals surface area contributed by atoms with E-state index in [9.17, 15) is 4.39 Å². The minimum atomic E-state index is -0.209. The molecule has 0 radical (unpaired) electrons. The maximum absolute atomic E-state index is 13.1. The van der Waals surface area contributed by atoms with Crippen LogP contribution in [0.3, 0.4) is 0 Å². The number of nitrogens with zero attached hydrogens (tertiary/aromatic N) is 1. The topological polar surface area (TPSA) is 38.5 Å². The average Bonchev–Trinajstić information content (AvgIpc) is 2.78. The van der Waals surface area contributed by atoms with Crippen molar-refractivity contribution in [3.63, 3.8) is 0 Å². The van der Waals surface area contributed by atoms with Crippen molar-refractivity contribution in [1.82, 2.24) is 0 Å². The van der Waals surface area contributed by atoms with E-state index in [1.165, 1.54) is 6.07 Å². The van der Waals surface area contributed by atoms with Crippen molar-refractivity contribution < 1.29 is 9.13 Å². The van der Waals surface area contributed by atoms with Gasteiger partial charge in [-0.3, -0.25) is 0 Å². The minimum Gasteiger partial charge on any atom is -0.381 e. The molecule has 1 aliphatic rings. The summed E-state index contributed by atoms with van der Waals surface area (Å²) in [6.45, 7) is 2.87. The molecule has 17 heavy (non-hydrogen) atoms. The summed E-state index contributed by atoms with van der Waals surface area (Å²) in [5.41, 5.74) is 6.74. The number of anilines is 1. The second kappa shape index (κ2) is 5.02. The molecule has 1 aromatic carbocycles. The maximum atomic E-state index is 13.1. The third-order valence-electron chi connectivity index (χ3n) is 3.44. The monoisotopic (exact) mass is 238 g/mol. The van der Waals surface area contributed by atoms with Crippen LogP contribution in [0.4, 0.5) is 10.1 Å². The van der Waals surface area contributed by atoms with Gasteiger partial charge in [-0.25, -0.2) is 4.39 Å². The number of ether oxygens (including phenoxy) is 1. The van der Waals surface area contributed by atoms with Gasteiger partial charge in [0.15, 0.2) is 0 Å². The molecular weight excluding hydrogens is 219 g/mol. The number of benzene rings is 1. The summed E-state index contributed by atoms with van der Waals surface area (Å²) < 4.78 is 18.6. The SMILES string of the molecule is CN(CC1(CN)CCOC1)c1cccc(F)c1. The summed E-state index contributed by atoms with van der Waals surface area (Å²) in [5, 5.41) is 0. The highest BCUT2D eigenvalue weighted by Crippen LogP contribution is 2.29. The van der Waals surface area contributed by atoms with E-state index in [0.717, 1.165) is 25.3 Å². The molecule has 1 saturated heterocycles. The normalized spacial score (nSPS) is 23.9. The molecule has 4 heteroatoms. The first-order valence-electron chi connectivity index (χ1n) is 5.90. The summed E-state index contributed by atoms with van der Waals surface area (Å²) in [5.74, 6) is -0.209. The van der Waals surface area contributed by atoms with Crippen LogP contribution in [0.15, 0.2) is 24.3 Å². The van der Waals surface area contributed by atoms with Gasteiger partial charge in [0.2, 0.25) is 0 Å². The standard InChI is InChI=1S/C13H19FN2O/c1-16(12-4-2-3-11(14)7-12)9-13(8-15)5-6-17-10-13/h2-4,7H,5-6,8-10,15H2,1H3. The number of hydrogen-bond acceptors (Lipinski definition) is 3. The largest absolute Gasteiger partial charge is 0.381 e. The van der Waals surface area contributed by atoms with Gasteiger partial charge in [-0.2, -0.15) is 0 Å². The van der Waals surface area contributed by atoms with Gasteiger partial charge in [-0.05, 0) is 24.6 Å². The molecule has 94 valence electrons. The van der Waals surface area contributed by atoms with E-state index in [4.69, 9.17) is 10.5 Å². The smallest absolute Gasteiger partial charge is 0.125 e. The summed E-state index contributed by atoms with van der Waals surface area (Å²) in [6.07, 6.45) is 0.975. The zero-order valence-corrected chi connectivity index (χ0v) is 10.2. The molecule has 1 fully saturated rings. The Morgan fingerprint density at radius 3 is 2.94 bits per heavy atom. The van der Waals surface area contributed by atoms with Crippen molar-refractivity contribution in [3.05, 3.63) is 30.1 Å². The molecule has 1 aromatic rings. The molecule has 1 atom stereocenters. The molecule has 1 unspecified atom stereocenters. The van der Waals surface area contributed by atoms with Crippen LogP contribution < -0.4 is 10.6 Å². The quantitative estimate of drug-likeness (QED) is 0.866. The van der Waals surface area contributed by atoms with Gasteiger partial charge in [0.05, 0.1) is 6.61 Å². The first-order chi connectivity index (χ1) is 8.15. The lowest BCUT2D eigenvalue weighted by Crippen LogP contribution is -2.41. The lowest BCUT2D eigenvalue weighted by molar-refractivity contribution is 0.157. The van der Waals surface area contributed by atoms with Crippen LogP contribution in [0, 0.1) is 11.2 Å². The zero-order chi connectivity index (χ0) is 12.3. The van der Waals surface area contributed by atoms with Crippen molar-refractivity contribution in [2.24, 2.45) is 11.1 Å². The van der Waals surface area contributed by atoms with Gasteiger partial charge in [-0.15, -0.1) is 0 Å². The van der Waals surface area contributed by atoms with Crippen LogP contribution in [0.25, 0.3) is 0 Å². The maximum Gasteiger partial charge on any atom is 0.125 e. The number of nitrogens with two attached hydrogens (primary N) is 1. The third kappa shape index (κ3) is 2.76. The van der Waals surface area contributed by atoms with Crippen LogP contribution >= 0.6 is 0 Å². The van der Waals surface area contributed by atoms with Crippen LogP contribution in [-0.2, 0) is 4.74 Å². The van der Waals surface area contributed by atoms with Crippen molar-refractivity contribution in [2.75, 3.05) is 38.3 Å². The van der Waals surface area contributed by atoms with E-state index in [1.807, 2.05) is 18.0 Å². The Morgan fingerprint density at radius 1 is 1.53 bits per heavy atom. The van der Waals surface area contributed by atoms with Crippen molar-refractivity contribution in [1.29, 1.82) is 0 Å². The van der Waals surface area contributed by atoms with E-state index in [0.29, 0.717) is 13.2 Å². The Morgan fingerprint density at radius 2 is 2.35 bits per heavy atom. The van der Waals surface area contributed by atoms with Gasteiger partial charge in [0, 0.05) is 37.8 Å². The molecular formula is C13H19FN2O. The summed E-state index contributed by atoms with van der Waals surface area (Å²) >= 11 is 0. The lowest BCUT2D eigenvalue weighted by atomic mass is 9.87. The summed E-state index contributed by atoms with van der Waals surface area (Å²) in [6, 6.07) is 6.62. The van der Waals surface area contributed by atoms with Crippen LogP contribution in [0.5, 0.6) is 0 Å². The van der Waals surface area contributed by atoms with Crippen LogP contribution in [0.1, 0.15) is 6.42 Å². The zero-order valence-electron chi connectivity index (χ0n) is 10.2. The van der Waals surface area contributed by atoms with Gasteiger partial charge < -0.3 is 15.4 Å². The predicted octanol–water partition coefficient (Wildman–Crippen LogP) is 1.63. The number of hydrogen-bond donors (Lipinski definition) is 1. The molecule has 2 rings (SSSR count). The van der Waals surface area contributed by atoms with E-state index in [1.54, 1.807) is 12.1 Å². The molecule has 1 heterocycles. The fraction of sp³-hybridized carbons (Fsp3) is 0.538. The Bertz CT molecular complexity index is 377. The van der Waals surface area contributed by atoms with Crippen LogP contribution in [-0.4, -0.2) is 33.4 Å². The predicted molar refractivity (Wildman–Crippen MR) is 66.6 cm³/mol. The van der Waals surface area contributed by atoms with Crippen LogP contribution in [0.2, 0.25) is 0 Å². The highest BCUT2D eigenvalue weighted by atomic mass is 19.1. The molecule has 0 bridgehead atoms. The molecule has 1 aliphatic heterocycles. The Hall–Kier alpha value is -1.13. The van der Waals surface area contributed by atoms with E-state index < -0.39 is 0 Å². The highest BCUT2D eigenvalue weighted by Gasteiger charge is 2.34. The average molecular weight is 238 g/mol.